The zero-order chi connectivity index (χ0) is 12.1. The van der Waals surface area contributed by atoms with Crippen LogP contribution in [0.1, 0.15) is 13.3 Å². The Labute approximate surface area is 102 Å². The highest BCUT2D eigenvalue weighted by molar-refractivity contribution is 5.56. The molecule has 0 unspecified atom stereocenters. The van der Waals surface area contributed by atoms with Crippen LogP contribution in [0.25, 0.3) is 0 Å². The molecular weight excluding hydrogens is 216 g/mol. The number of hydrogen-bond donors (Lipinski definition) is 1. The van der Waals surface area contributed by atoms with Gasteiger partial charge in [0.05, 0.1) is 0 Å². The van der Waals surface area contributed by atoms with Gasteiger partial charge in [0.25, 0.3) is 0 Å². The Morgan fingerprint density at radius 1 is 1.24 bits per heavy atom. The van der Waals surface area contributed by atoms with E-state index in [9.17, 15) is 0 Å². The van der Waals surface area contributed by atoms with Gasteiger partial charge in [-0.25, -0.2) is 0 Å². The highest BCUT2D eigenvalue weighted by Crippen LogP contribution is 2.33. The molecule has 4 nitrogen and oxygen atoms in total. The summed E-state index contributed by atoms with van der Waals surface area (Å²) in [5.41, 5.74) is 6.72. The Kier molecular flexibility index (Phi) is 4.09. The maximum absolute atomic E-state index is 5.59. The molecule has 17 heavy (non-hydrogen) atoms. The molecule has 0 spiro atoms. The fraction of sp³-hybridized carbons (Fsp3) is 0.538. The molecule has 0 fully saturated rings. The largest absolute Gasteiger partial charge is 0.486 e. The van der Waals surface area contributed by atoms with E-state index >= 15 is 0 Å². The molecule has 1 aromatic rings. The highest BCUT2D eigenvalue weighted by atomic mass is 16.6. The minimum Gasteiger partial charge on any atom is -0.486 e. The average molecular weight is 236 g/mol. The molecule has 94 valence electrons. The van der Waals surface area contributed by atoms with Gasteiger partial charge in [0.15, 0.2) is 11.5 Å². The maximum atomic E-state index is 5.59. The number of benzene rings is 1. The minimum absolute atomic E-state index is 0.630. The van der Waals surface area contributed by atoms with Crippen molar-refractivity contribution in [1.29, 1.82) is 0 Å². The molecule has 0 saturated heterocycles. The van der Waals surface area contributed by atoms with Crippen molar-refractivity contribution in [2.24, 2.45) is 5.73 Å². The fourth-order valence-corrected chi connectivity index (χ4v) is 1.98. The zero-order valence-corrected chi connectivity index (χ0v) is 10.3. The second-order valence-electron chi connectivity index (χ2n) is 4.05. The monoisotopic (exact) mass is 236 g/mol. The lowest BCUT2D eigenvalue weighted by Gasteiger charge is -2.25. The van der Waals surface area contributed by atoms with Crippen molar-refractivity contribution in [3.05, 3.63) is 18.2 Å². The smallest absolute Gasteiger partial charge is 0.163 e. The van der Waals surface area contributed by atoms with E-state index in [1.54, 1.807) is 0 Å². The summed E-state index contributed by atoms with van der Waals surface area (Å²) in [7, 11) is 0. The van der Waals surface area contributed by atoms with E-state index in [1.165, 1.54) is 5.69 Å². The van der Waals surface area contributed by atoms with E-state index < -0.39 is 0 Å². The normalized spacial score (nSPS) is 13.5. The van der Waals surface area contributed by atoms with Crippen molar-refractivity contribution in [2.45, 2.75) is 13.3 Å². The number of anilines is 1. The van der Waals surface area contributed by atoms with Crippen LogP contribution >= 0.6 is 0 Å². The lowest BCUT2D eigenvalue weighted by atomic mass is 10.2. The standard InChI is InChI=1S/C13H20N2O2/c1-2-15(7-3-6-14)11-4-5-12-13(10-11)17-9-8-16-12/h4-5,10H,2-3,6-9,14H2,1H3. The Balaban J connectivity index is 2.13. The van der Waals surface area contributed by atoms with Gasteiger partial charge in [-0.3, -0.25) is 0 Å². The summed E-state index contributed by atoms with van der Waals surface area (Å²) in [6.45, 7) is 6.09. The van der Waals surface area contributed by atoms with Crippen molar-refractivity contribution < 1.29 is 9.47 Å². The number of fused-ring (bicyclic) bond motifs is 1. The van der Waals surface area contributed by atoms with Crippen LogP contribution in [0.5, 0.6) is 11.5 Å². The van der Waals surface area contributed by atoms with Crippen LogP contribution in [0.15, 0.2) is 18.2 Å². The first kappa shape index (κ1) is 12.0. The van der Waals surface area contributed by atoms with E-state index in [-0.39, 0.29) is 0 Å². The lowest BCUT2D eigenvalue weighted by Crippen LogP contribution is -2.26. The van der Waals surface area contributed by atoms with Gasteiger partial charge in [0, 0.05) is 24.8 Å². The van der Waals surface area contributed by atoms with Gasteiger partial charge in [0.1, 0.15) is 13.2 Å². The van der Waals surface area contributed by atoms with Gasteiger partial charge in [0.2, 0.25) is 0 Å². The third-order valence-electron chi connectivity index (χ3n) is 2.90. The van der Waals surface area contributed by atoms with Crippen LogP contribution in [-0.2, 0) is 0 Å². The number of nitrogens with zero attached hydrogens (tertiary/aromatic N) is 1. The molecule has 1 aromatic carbocycles. The van der Waals surface area contributed by atoms with Gasteiger partial charge >= 0.3 is 0 Å². The summed E-state index contributed by atoms with van der Waals surface area (Å²) in [5.74, 6) is 1.69. The Morgan fingerprint density at radius 3 is 2.71 bits per heavy atom. The van der Waals surface area contributed by atoms with Crippen LogP contribution < -0.4 is 20.1 Å². The number of hydrogen-bond acceptors (Lipinski definition) is 4. The SMILES string of the molecule is CCN(CCCN)c1ccc2c(c1)OCCO2. The molecule has 0 amide bonds. The van der Waals surface area contributed by atoms with E-state index in [2.05, 4.69) is 24.0 Å². The minimum atomic E-state index is 0.630. The topological polar surface area (TPSA) is 47.7 Å². The van der Waals surface area contributed by atoms with Crippen LogP contribution in [0.4, 0.5) is 5.69 Å². The van der Waals surface area contributed by atoms with Crippen molar-refractivity contribution in [3.8, 4) is 11.5 Å². The third kappa shape index (κ3) is 2.82. The first-order valence-corrected chi connectivity index (χ1v) is 6.20. The van der Waals surface area contributed by atoms with Crippen molar-refractivity contribution in [2.75, 3.05) is 37.7 Å². The summed E-state index contributed by atoms with van der Waals surface area (Å²) >= 11 is 0. The van der Waals surface area contributed by atoms with Crippen LogP contribution in [0, 0.1) is 0 Å². The number of nitrogens with two attached hydrogens (primary N) is 1. The van der Waals surface area contributed by atoms with Gasteiger partial charge in [-0.2, -0.15) is 0 Å². The molecular formula is C13H20N2O2. The summed E-state index contributed by atoms with van der Waals surface area (Å²) < 4.78 is 11.1. The van der Waals surface area contributed by atoms with Crippen molar-refractivity contribution in [3.63, 3.8) is 0 Å². The summed E-state index contributed by atoms with van der Waals surface area (Å²) in [6, 6.07) is 6.11. The molecule has 0 aromatic heterocycles. The van der Waals surface area contributed by atoms with Gasteiger partial charge < -0.3 is 20.1 Å². The molecule has 0 radical (unpaired) electrons. The summed E-state index contributed by atoms with van der Waals surface area (Å²) in [5, 5.41) is 0. The van der Waals surface area contributed by atoms with E-state index in [4.69, 9.17) is 15.2 Å². The number of rotatable bonds is 5. The molecule has 0 aliphatic carbocycles. The molecule has 1 aliphatic heterocycles. The molecule has 0 saturated carbocycles. The first-order chi connectivity index (χ1) is 8.35. The summed E-state index contributed by atoms with van der Waals surface area (Å²) in [4.78, 5) is 2.30. The van der Waals surface area contributed by atoms with Gasteiger partial charge in [-0.05, 0) is 32.0 Å². The fourth-order valence-electron chi connectivity index (χ4n) is 1.98. The zero-order valence-electron chi connectivity index (χ0n) is 10.3. The maximum Gasteiger partial charge on any atom is 0.163 e. The van der Waals surface area contributed by atoms with Crippen LogP contribution in [0.2, 0.25) is 0 Å². The Morgan fingerprint density at radius 2 is 2.00 bits per heavy atom. The van der Waals surface area contributed by atoms with Gasteiger partial charge in [-0.15, -0.1) is 0 Å². The third-order valence-corrected chi connectivity index (χ3v) is 2.90. The van der Waals surface area contributed by atoms with E-state index in [1.807, 2.05) is 6.07 Å². The second kappa shape index (κ2) is 5.77. The molecule has 2 N–H and O–H groups in total. The van der Waals surface area contributed by atoms with E-state index in [0.717, 1.165) is 37.6 Å². The predicted octanol–water partition coefficient (Wildman–Crippen LogP) is 1.63. The molecule has 4 heteroatoms. The molecule has 0 atom stereocenters. The van der Waals surface area contributed by atoms with Crippen LogP contribution in [0.3, 0.4) is 0 Å². The highest BCUT2D eigenvalue weighted by Gasteiger charge is 2.13. The van der Waals surface area contributed by atoms with Crippen molar-refractivity contribution in [1.82, 2.24) is 0 Å². The second-order valence-corrected chi connectivity index (χ2v) is 4.05. The molecule has 1 heterocycles. The molecule has 2 rings (SSSR count). The lowest BCUT2D eigenvalue weighted by molar-refractivity contribution is 0.171. The quantitative estimate of drug-likeness (QED) is 0.844. The summed E-state index contributed by atoms with van der Waals surface area (Å²) in [6.07, 6.45) is 1.00. The Bertz CT molecular complexity index is 368. The predicted molar refractivity (Wildman–Crippen MR) is 69.0 cm³/mol. The average Bonchev–Trinajstić information content (AvgIpc) is 2.39. The molecule has 0 bridgehead atoms. The number of ether oxygens (including phenoxy) is 2. The molecule has 1 aliphatic rings. The van der Waals surface area contributed by atoms with Crippen LogP contribution in [-0.4, -0.2) is 32.8 Å². The first-order valence-electron chi connectivity index (χ1n) is 6.20. The van der Waals surface area contributed by atoms with Crippen molar-refractivity contribution >= 4 is 5.69 Å². The van der Waals surface area contributed by atoms with E-state index in [0.29, 0.717) is 13.2 Å². The Hall–Kier alpha value is -1.42. The van der Waals surface area contributed by atoms with Gasteiger partial charge in [-0.1, -0.05) is 0 Å².